The van der Waals surface area contributed by atoms with Crippen LogP contribution in [0.1, 0.15) is 38.5 Å². The molecule has 5 rings (SSSR count). The number of nitrogens with one attached hydrogen (secondary N) is 1. The van der Waals surface area contributed by atoms with E-state index in [1.165, 1.54) is 38.5 Å². The van der Waals surface area contributed by atoms with E-state index in [0.29, 0.717) is 6.54 Å². The van der Waals surface area contributed by atoms with Crippen LogP contribution in [0.25, 0.3) is 0 Å². The van der Waals surface area contributed by atoms with Gasteiger partial charge in [0.05, 0.1) is 19.8 Å². The first-order valence-electron chi connectivity index (χ1n) is 8.32. The molecule has 0 aromatic rings. The average molecular weight is 278 g/mol. The summed E-state index contributed by atoms with van der Waals surface area (Å²) in [5.41, 5.74) is 0.165. The van der Waals surface area contributed by atoms with E-state index in [4.69, 9.17) is 4.74 Å². The molecule has 4 nitrogen and oxygen atoms in total. The molecular formula is C16H26N2O2. The highest BCUT2D eigenvalue weighted by atomic mass is 16.5. The Hall–Kier alpha value is -0.610. The highest BCUT2D eigenvalue weighted by Crippen LogP contribution is 2.55. The molecule has 112 valence electrons. The zero-order valence-corrected chi connectivity index (χ0v) is 12.3. The van der Waals surface area contributed by atoms with Crippen molar-refractivity contribution < 1.29 is 9.53 Å². The van der Waals surface area contributed by atoms with E-state index in [-0.39, 0.29) is 11.4 Å². The molecule has 1 saturated heterocycles. The maximum Gasteiger partial charge on any atom is 0.234 e. The summed E-state index contributed by atoms with van der Waals surface area (Å²) >= 11 is 0. The van der Waals surface area contributed by atoms with Gasteiger partial charge in [-0.2, -0.15) is 0 Å². The molecule has 1 N–H and O–H groups in total. The van der Waals surface area contributed by atoms with Gasteiger partial charge < -0.3 is 10.1 Å². The summed E-state index contributed by atoms with van der Waals surface area (Å²) in [4.78, 5) is 14.6. The molecule has 0 aromatic heterocycles. The summed E-state index contributed by atoms with van der Waals surface area (Å²) in [6.45, 7) is 3.89. The number of hydrogen-bond donors (Lipinski definition) is 1. The Kier molecular flexibility index (Phi) is 3.26. The predicted octanol–water partition coefficient (Wildman–Crippen LogP) is 1.40. The van der Waals surface area contributed by atoms with Crippen molar-refractivity contribution in [3.63, 3.8) is 0 Å². The Morgan fingerprint density at radius 1 is 1.05 bits per heavy atom. The number of hydrogen-bond acceptors (Lipinski definition) is 3. The molecule has 4 saturated carbocycles. The minimum Gasteiger partial charge on any atom is -0.379 e. The summed E-state index contributed by atoms with van der Waals surface area (Å²) in [5, 5.41) is 3.45. The van der Waals surface area contributed by atoms with Crippen LogP contribution < -0.4 is 5.32 Å². The van der Waals surface area contributed by atoms with E-state index in [1.807, 2.05) is 0 Å². The van der Waals surface area contributed by atoms with Crippen molar-refractivity contribution in [3.05, 3.63) is 0 Å². The third-order valence-electron chi connectivity index (χ3n) is 5.91. The predicted molar refractivity (Wildman–Crippen MR) is 76.3 cm³/mol. The largest absolute Gasteiger partial charge is 0.379 e. The van der Waals surface area contributed by atoms with Crippen molar-refractivity contribution in [2.75, 3.05) is 32.8 Å². The standard InChI is InChI=1S/C16H26N2O2/c19-15(11-18-1-3-20-4-2-18)17-16-8-12-5-13(9-16)7-14(6-12)10-16/h12-14H,1-11H2,(H,17,19). The Bertz CT molecular complexity index is 355. The van der Waals surface area contributed by atoms with Crippen molar-refractivity contribution in [1.29, 1.82) is 0 Å². The number of rotatable bonds is 3. The minimum atomic E-state index is 0.165. The summed E-state index contributed by atoms with van der Waals surface area (Å²) < 4.78 is 5.34. The van der Waals surface area contributed by atoms with E-state index in [9.17, 15) is 4.79 Å². The van der Waals surface area contributed by atoms with Gasteiger partial charge in [-0.25, -0.2) is 0 Å². The second-order valence-corrected chi connectivity index (χ2v) is 7.63. The van der Waals surface area contributed by atoms with Gasteiger partial charge in [-0.15, -0.1) is 0 Å². The summed E-state index contributed by atoms with van der Waals surface area (Å²) in [6, 6.07) is 0. The molecule has 0 aromatic carbocycles. The van der Waals surface area contributed by atoms with Crippen molar-refractivity contribution in [3.8, 4) is 0 Å². The lowest BCUT2D eigenvalue weighted by atomic mass is 9.53. The lowest BCUT2D eigenvalue weighted by molar-refractivity contribution is -0.129. The van der Waals surface area contributed by atoms with E-state index in [1.54, 1.807) is 0 Å². The third kappa shape index (κ3) is 2.48. The van der Waals surface area contributed by atoms with Crippen molar-refractivity contribution >= 4 is 5.91 Å². The fraction of sp³-hybridized carbons (Fsp3) is 0.938. The van der Waals surface area contributed by atoms with Crippen molar-refractivity contribution in [2.45, 2.75) is 44.1 Å². The molecule has 4 aliphatic carbocycles. The van der Waals surface area contributed by atoms with Crippen molar-refractivity contribution in [1.82, 2.24) is 10.2 Å². The maximum atomic E-state index is 12.4. The first kappa shape index (κ1) is 13.1. The first-order valence-corrected chi connectivity index (χ1v) is 8.32. The normalized spacial score (nSPS) is 43.7. The van der Waals surface area contributed by atoms with E-state index in [2.05, 4.69) is 10.2 Å². The molecule has 0 radical (unpaired) electrons. The number of carbonyl (C=O) groups excluding carboxylic acids is 1. The van der Waals surface area contributed by atoms with Crippen LogP contribution in [-0.4, -0.2) is 49.2 Å². The smallest absolute Gasteiger partial charge is 0.234 e. The molecule has 5 fully saturated rings. The molecule has 0 atom stereocenters. The third-order valence-corrected chi connectivity index (χ3v) is 5.91. The average Bonchev–Trinajstić information content (AvgIpc) is 2.37. The number of nitrogens with zero attached hydrogens (tertiary/aromatic N) is 1. The van der Waals surface area contributed by atoms with Gasteiger partial charge in [0.1, 0.15) is 0 Å². The van der Waals surface area contributed by atoms with Crippen LogP contribution in [0.5, 0.6) is 0 Å². The lowest BCUT2D eigenvalue weighted by Gasteiger charge is -2.57. The summed E-state index contributed by atoms with van der Waals surface area (Å²) in [5.74, 6) is 2.92. The fourth-order valence-corrected chi connectivity index (χ4v) is 5.56. The van der Waals surface area contributed by atoms with Crippen LogP contribution >= 0.6 is 0 Å². The molecule has 1 heterocycles. The zero-order chi connectivity index (χ0) is 13.6. The van der Waals surface area contributed by atoms with Crippen LogP contribution in [0.2, 0.25) is 0 Å². The van der Waals surface area contributed by atoms with Gasteiger partial charge in [0.25, 0.3) is 0 Å². The molecule has 4 heteroatoms. The number of ether oxygens (including phenoxy) is 1. The van der Waals surface area contributed by atoms with Gasteiger partial charge in [0, 0.05) is 18.6 Å². The Balaban J connectivity index is 1.37. The SMILES string of the molecule is O=C(CN1CCOCC1)NC12CC3CC(CC(C3)C1)C2. The quantitative estimate of drug-likeness (QED) is 0.848. The van der Waals surface area contributed by atoms with E-state index >= 15 is 0 Å². The van der Waals surface area contributed by atoms with Crippen molar-refractivity contribution in [2.24, 2.45) is 17.8 Å². The van der Waals surface area contributed by atoms with Gasteiger partial charge >= 0.3 is 0 Å². The summed E-state index contributed by atoms with van der Waals surface area (Å²) in [7, 11) is 0. The fourth-order valence-electron chi connectivity index (χ4n) is 5.56. The summed E-state index contributed by atoms with van der Waals surface area (Å²) in [6.07, 6.45) is 8.02. The van der Waals surface area contributed by atoms with Gasteiger partial charge in [0.2, 0.25) is 5.91 Å². The molecule has 5 aliphatic rings. The Labute approximate surface area is 121 Å². The highest BCUT2D eigenvalue weighted by Gasteiger charge is 2.51. The molecule has 0 unspecified atom stereocenters. The number of carbonyl (C=O) groups is 1. The molecule has 4 bridgehead atoms. The highest BCUT2D eigenvalue weighted by molar-refractivity contribution is 5.79. The van der Waals surface area contributed by atoms with Crippen LogP contribution in [0.15, 0.2) is 0 Å². The zero-order valence-electron chi connectivity index (χ0n) is 12.3. The van der Waals surface area contributed by atoms with Crippen LogP contribution in [0, 0.1) is 17.8 Å². The van der Waals surface area contributed by atoms with Gasteiger partial charge in [0.15, 0.2) is 0 Å². The minimum absolute atomic E-state index is 0.165. The van der Waals surface area contributed by atoms with Crippen LogP contribution in [0.3, 0.4) is 0 Å². The second-order valence-electron chi connectivity index (χ2n) is 7.63. The van der Waals surface area contributed by atoms with E-state index < -0.39 is 0 Å². The van der Waals surface area contributed by atoms with E-state index in [0.717, 1.165) is 44.1 Å². The van der Waals surface area contributed by atoms with Gasteiger partial charge in [-0.1, -0.05) is 0 Å². The number of morpholine rings is 1. The number of amides is 1. The van der Waals surface area contributed by atoms with Crippen LogP contribution in [0.4, 0.5) is 0 Å². The Morgan fingerprint density at radius 3 is 2.15 bits per heavy atom. The Morgan fingerprint density at radius 2 is 1.60 bits per heavy atom. The lowest BCUT2D eigenvalue weighted by Crippen LogP contribution is -2.61. The molecule has 0 spiro atoms. The molecular weight excluding hydrogens is 252 g/mol. The maximum absolute atomic E-state index is 12.4. The molecule has 1 amide bonds. The molecule has 1 aliphatic heterocycles. The van der Waals surface area contributed by atoms with Crippen LogP contribution in [-0.2, 0) is 9.53 Å². The first-order chi connectivity index (χ1) is 9.71. The van der Waals surface area contributed by atoms with Gasteiger partial charge in [-0.05, 0) is 56.3 Å². The topological polar surface area (TPSA) is 41.6 Å². The monoisotopic (exact) mass is 278 g/mol. The second kappa shape index (κ2) is 4.99. The molecule has 20 heavy (non-hydrogen) atoms. The van der Waals surface area contributed by atoms with Gasteiger partial charge in [-0.3, -0.25) is 9.69 Å².